The predicted octanol–water partition coefficient (Wildman–Crippen LogP) is 18.8. The van der Waals surface area contributed by atoms with Gasteiger partial charge in [0.15, 0.2) is 0 Å². The molecule has 0 aliphatic heterocycles. The van der Waals surface area contributed by atoms with Crippen LogP contribution in [0, 0.1) is 0 Å². The Labute approximate surface area is 496 Å². The van der Waals surface area contributed by atoms with E-state index in [0.29, 0.717) is 25.7 Å². The van der Waals surface area contributed by atoms with E-state index in [4.69, 9.17) is 9.47 Å². The second kappa shape index (κ2) is 67.4. The summed E-state index contributed by atoms with van der Waals surface area (Å²) >= 11 is 0. The number of hydrogen-bond acceptors (Lipinski definition) is 8. The Kier molecular flexibility index (Phi) is 70.4. The average Bonchev–Trinajstić information content (AvgIpc) is 3.38. The zero-order chi connectivity index (χ0) is 54.5. The van der Waals surface area contributed by atoms with Crippen molar-refractivity contribution in [3.05, 3.63) is 0 Å². The summed E-state index contributed by atoms with van der Waals surface area (Å²) in [6.07, 6.45) is 64.4. The fraction of sp³-hybridized carbons (Fsp3) is 0.939. The summed E-state index contributed by atoms with van der Waals surface area (Å²) in [4.78, 5) is 46.9. The number of carboxylic acids is 2. The molecule has 0 aliphatic rings. The fourth-order valence-electron chi connectivity index (χ4n) is 10.2. The Morgan fingerprint density at radius 3 is 0.560 bits per heavy atom. The van der Waals surface area contributed by atoms with Gasteiger partial charge in [-0.05, 0) is 38.5 Å². The first-order valence-electron chi connectivity index (χ1n) is 33.0. The molecule has 0 amide bonds. The Bertz CT molecular complexity index is 1080. The smallest absolute Gasteiger partial charge is 0.546 e. The molecule has 0 aromatic carbocycles. The van der Waals surface area contributed by atoms with Gasteiger partial charge in [-0.3, -0.25) is 9.59 Å². The number of carboxylic acid groups (broad SMARTS) is 2. The van der Waals surface area contributed by atoms with Crippen LogP contribution in [0.2, 0.25) is 0 Å². The minimum absolute atomic E-state index is 0. The zero-order valence-corrected chi connectivity index (χ0v) is 52.9. The van der Waals surface area contributed by atoms with Crippen LogP contribution in [0.25, 0.3) is 0 Å². The van der Waals surface area contributed by atoms with E-state index in [1.54, 1.807) is 0 Å². The summed E-state index contributed by atoms with van der Waals surface area (Å²) in [7, 11) is 0. The van der Waals surface area contributed by atoms with Crippen LogP contribution in [0.1, 0.15) is 387 Å². The van der Waals surface area contributed by atoms with Gasteiger partial charge in [0.05, 0.1) is 11.9 Å². The van der Waals surface area contributed by atoms with Crippen molar-refractivity contribution in [1.82, 2.24) is 0 Å². The van der Waals surface area contributed by atoms with Gasteiger partial charge < -0.3 is 29.3 Å². The van der Waals surface area contributed by atoms with E-state index in [2.05, 4.69) is 27.7 Å². The van der Waals surface area contributed by atoms with Gasteiger partial charge in [-0.25, -0.2) is 0 Å². The normalized spacial score (nSPS) is 11.9. The van der Waals surface area contributed by atoms with Crippen molar-refractivity contribution >= 4 is 61.6 Å². The first kappa shape index (κ1) is 78.4. The topological polar surface area (TPSA) is 133 Å². The van der Waals surface area contributed by atoms with Crippen molar-refractivity contribution in [3.8, 4) is 0 Å². The maximum atomic E-state index is 12.1. The molecular formula is C66H126CaO8. The minimum atomic E-state index is -1.25. The van der Waals surface area contributed by atoms with Crippen molar-refractivity contribution in [2.75, 3.05) is 0 Å². The number of ether oxygens (including phenoxy) is 2. The number of hydrogen-bond donors (Lipinski definition) is 0. The van der Waals surface area contributed by atoms with E-state index < -0.39 is 24.1 Å². The molecule has 0 aromatic heterocycles. The molecule has 0 rings (SSSR count). The molecule has 0 N–H and O–H groups in total. The van der Waals surface area contributed by atoms with Crippen LogP contribution in [0.5, 0.6) is 0 Å². The monoisotopic (exact) mass is 1090 g/mol. The van der Waals surface area contributed by atoms with Gasteiger partial charge in [0, 0.05) is 12.8 Å². The van der Waals surface area contributed by atoms with Crippen LogP contribution in [0.15, 0.2) is 0 Å². The van der Waals surface area contributed by atoms with E-state index in [1.807, 2.05) is 0 Å². The van der Waals surface area contributed by atoms with E-state index in [1.165, 1.54) is 257 Å². The van der Waals surface area contributed by atoms with Crippen LogP contribution in [0.4, 0.5) is 0 Å². The van der Waals surface area contributed by atoms with E-state index in [9.17, 15) is 29.4 Å². The molecule has 9 heteroatoms. The summed E-state index contributed by atoms with van der Waals surface area (Å²) in [5.74, 6) is -3.27. The first-order valence-corrected chi connectivity index (χ1v) is 33.0. The van der Waals surface area contributed by atoms with Crippen LogP contribution in [-0.4, -0.2) is 73.8 Å². The third-order valence-electron chi connectivity index (χ3n) is 15.2. The quantitative estimate of drug-likeness (QED) is 0.0334. The molecule has 0 bridgehead atoms. The molecule has 0 aromatic rings. The standard InChI is InChI=1S/2C33H64O4.Ca/c2*1-3-5-7-9-11-13-15-17-18-19-21-23-25-27-29-31(33(35)36)37-32(34)30-28-26-24-22-20-16-14-12-10-8-6-4-2;/h2*31H,3-30H2,1-2H3,(H,35,36);/q;;+2/p-2. The molecule has 2 unspecified atom stereocenters. The second-order valence-electron chi connectivity index (χ2n) is 22.6. The third-order valence-corrected chi connectivity index (χ3v) is 15.2. The van der Waals surface area contributed by atoms with E-state index in [-0.39, 0.29) is 49.7 Å². The zero-order valence-electron chi connectivity index (χ0n) is 50.7. The summed E-state index contributed by atoms with van der Waals surface area (Å²) in [5, 5.41) is 22.8. The summed E-state index contributed by atoms with van der Waals surface area (Å²) in [5.41, 5.74) is 0. The minimum Gasteiger partial charge on any atom is -0.546 e. The van der Waals surface area contributed by atoms with E-state index >= 15 is 0 Å². The number of carbonyl (C=O) groups excluding carboxylic acids is 4. The number of aliphatic carboxylic acids is 2. The van der Waals surface area contributed by atoms with Gasteiger partial charge in [0.25, 0.3) is 0 Å². The molecule has 0 radical (unpaired) electrons. The Morgan fingerprint density at radius 1 is 0.253 bits per heavy atom. The molecule has 75 heavy (non-hydrogen) atoms. The van der Waals surface area contributed by atoms with Gasteiger partial charge in [-0.2, -0.15) is 0 Å². The molecule has 0 aliphatic carbocycles. The molecule has 8 nitrogen and oxygen atoms in total. The summed E-state index contributed by atoms with van der Waals surface area (Å²) in [6.45, 7) is 9.03. The third kappa shape index (κ3) is 65.6. The van der Waals surface area contributed by atoms with Crippen LogP contribution in [0.3, 0.4) is 0 Å². The van der Waals surface area contributed by atoms with Crippen LogP contribution >= 0.6 is 0 Å². The second-order valence-corrected chi connectivity index (χ2v) is 22.6. The molecule has 0 saturated carbocycles. The molecule has 0 fully saturated rings. The first-order chi connectivity index (χ1) is 36.2. The van der Waals surface area contributed by atoms with Crippen molar-refractivity contribution < 1.29 is 38.9 Å². The van der Waals surface area contributed by atoms with Gasteiger partial charge in [0.1, 0.15) is 12.2 Å². The number of rotatable bonds is 60. The van der Waals surface area contributed by atoms with Crippen molar-refractivity contribution in [1.29, 1.82) is 0 Å². The van der Waals surface area contributed by atoms with Crippen molar-refractivity contribution in [2.45, 2.75) is 399 Å². The Morgan fingerprint density at radius 2 is 0.400 bits per heavy atom. The van der Waals surface area contributed by atoms with Crippen LogP contribution in [-0.2, 0) is 28.7 Å². The SMILES string of the molecule is CCCCCCCCCCCCCCCCC(OC(=O)CCCCCCCCCCCCCC)C(=O)[O-].CCCCCCCCCCCCCCCCC(OC(=O)CCCCCCCCCCCCCC)C(=O)[O-].[Ca+2]. The van der Waals surface area contributed by atoms with Gasteiger partial charge in [-0.1, -0.05) is 336 Å². The number of carbonyl (C=O) groups is 4. The van der Waals surface area contributed by atoms with Gasteiger partial charge in [-0.15, -0.1) is 0 Å². The fourth-order valence-corrected chi connectivity index (χ4v) is 10.2. The van der Waals surface area contributed by atoms with Gasteiger partial charge in [0.2, 0.25) is 0 Å². The number of esters is 2. The largest absolute Gasteiger partial charge is 2.00 e. The molecule has 0 saturated heterocycles. The Hall–Kier alpha value is -0.860. The molecule has 0 spiro atoms. The van der Waals surface area contributed by atoms with E-state index in [0.717, 1.165) is 77.0 Å². The predicted molar refractivity (Wildman–Crippen MR) is 317 cm³/mol. The summed E-state index contributed by atoms with van der Waals surface area (Å²) in [6, 6.07) is 0. The number of unbranched alkanes of at least 4 members (excludes halogenated alkanes) is 48. The average molecular weight is 1090 g/mol. The maximum Gasteiger partial charge on any atom is 2.00 e. The van der Waals surface area contributed by atoms with Crippen LogP contribution < -0.4 is 10.2 Å². The summed E-state index contributed by atoms with van der Waals surface area (Å²) < 4.78 is 10.4. The van der Waals surface area contributed by atoms with Crippen molar-refractivity contribution in [3.63, 3.8) is 0 Å². The molecule has 440 valence electrons. The molecule has 0 heterocycles. The maximum absolute atomic E-state index is 12.1. The molecular weight excluding hydrogens is 961 g/mol. The molecule has 2 atom stereocenters. The van der Waals surface area contributed by atoms with Crippen molar-refractivity contribution in [2.24, 2.45) is 0 Å². The Balaban J connectivity index is -0.00000136. The van der Waals surface area contributed by atoms with Gasteiger partial charge >= 0.3 is 49.7 Å².